The van der Waals surface area contributed by atoms with Gasteiger partial charge in [-0.1, -0.05) is 38.1 Å². The summed E-state index contributed by atoms with van der Waals surface area (Å²) in [7, 11) is 1.85. The number of nitrogens with two attached hydrogens (primary N) is 1. The quantitative estimate of drug-likeness (QED) is 0.820. The molecule has 1 rings (SSSR count). The molecule has 0 aliphatic rings. The van der Waals surface area contributed by atoms with Gasteiger partial charge in [0.1, 0.15) is 0 Å². The molecule has 0 heterocycles. The van der Waals surface area contributed by atoms with Crippen LogP contribution in [-0.2, 0) is 10.3 Å². The number of benzene rings is 1. The molecule has 3 nitrogen and oxygen atoms in total. The fourth-order valence-corrected chi connectivity index (χ4v) is 1.92. The minimum absolute atomic E-state index is 0.296. The van der Waals surface area contributed by atoms with Crippen LogP contribution in [0, 0.1) is 0 Å². The highest BCUT2D eigenvalue weighted by atomic mass is 16.1. The Morgan fingerprint density at radius 2 is 1.88 bits per heavy atom. The van der Waals surface area contributed by atoms with Crippen LogP contribution in [0.4, 0.5) is 0 Å². The monoisotopic (exact) mass is 234 g/mol. The van der Waals surface area contributed by atoms with Crippen LogP contribution in [0.5, 0.6) is 0 Å². The standard InChI is InChI=1S/C14H22N2O/c1-10(2)11-5-7-12(8-6-11)14(3,16-4)9-13(15)17/h5-8,10,16H,9H2,1-4H3,(H2,15,17). The van der Waals surface area contributed by atoms with Gasteiger partial charge in [0.15, 0.2) is 0 Å². The number of hydrogen-bond acceptors (Lipinski definition) is 2. The van der Waals surface area contributed by atoms with Crippen molar-refractivity contribution in [1.82, 2.24) is 5.32 Å². The van der Waals surface area contributed by atoms with E-state index in [0.717, 1.165) is 5.56 Å². The van der Waals surface area contributed by atoms with Crippen molar-refractivity contribution < 1.29 is 4.79 Å². The van der Waals surface area contributed by atoms with Gasteiger partial charge in [-0.15, -0.1) is 0 Å². The van der Waals surface area contributed by atoms with E-state index in [0.29, 0.717) is 12.3 Å². The molecule has 0 saturated carbocycles. The smallest absolute Gasteiger partial charge is 0.219 e. The number of carbonyl (C=O) groups excluding carboxylic acids is 1. The second-order valence-electron chi connectivity index (χ2n) is 5.00. The van der Waals surface area contributed by atoms with Gasteiger partial charge in [0, 0.05) is 12.0 Å². The molecule has 1 atom stereocenters. The van der Waals surface area contributed by atoms with Crippen LogP contribution in [0.1, 0.15) is 44.2 Å². The summed E-state index contributed by atoms with van der Waals surface area (Å²) in [6, 6.07) is 8.34. The highest BCUT2D eigenvalue weighted by Gasteiger charge is 2.26. The molecule has 94 valence electrons. The Hall–Kier alpha value is -1.35. The van der Waals surface area contributed by atoms with Gasteiger partial charge in [0.2, 0.25) is 5.91 Å². The van der Waals surface area contributed by atoms with E-state index < -0.39 is 0 Å². The number of amides is 1. The Morgan fingerprint density at radius 3 is 2.24 bits per heavy atom. The highest BCUT2D eigenvalue weighted by molar-refractivity contribution is 5.75. The SMILES string of the molecule is CNC(C)(CC(N)=O)c1ccc(C(C)C)cc1. The first kappa shape index (κ1) is 13.7. The molecule has 1 aromatic carbocycles. The summed E-state index contributed by atoms with van der Waals surface area (Å²) in [5, 5.41) is 3.17. The van der Waals surface area contributed by atoms with E-state index in [1.165, 1.54) is 5.56 Å². The van der Waals surface area contributed by atoms with Crippen LogP contribution in [0.3, 0.4) is 0 Å². The molecule has 0 radical (unpaired) electrons. The van der Waals surface area contributed by atoms with E-state index in [2.05, 4.69) is 43.4 Å². The van der Waals surface area contributed by atoms with Crippen molar-refractivity contribution >= 4 is 5.91 Å². The van der Waals surface area contributed by atoms with Crippen LogP contribution < -0.4 is 11.1 Å². The van der Waals surface area contributed by atoms with E-state index in [1.54, 1.807) is 0 Å². The summed E-state index contributed by atoms with van der Waals surface area (Å²) in [6.07, 6.45) is 0.296. The van der Waals surface area contributed by atoms with E-state index in [1.807, 2.05) is 14.0 Å². The predicted molar refractivity (Wildman–Crippen MR) is 70.8 cm³/mol. The lowest BCUT2D eigenvalue weighted by atomic mass is 9.87. The Bertz CT molecular complexity index is 384. The van der Waals surface area contributed by atoms with Crippen LogP contribution in [0.15, 0.2) is 24.3 Å². The van der Waals surface area contributed by atoms with Crippen molar-refractivity contribution in [2.45, 2.75) is 38.6 Å². The highest BCUT2D eigenvalue weighted by Crippen LogP contribution is 2.25. The summed E-state index contributed by atoms with van der Waals surface area (Å²) < 4.78 is 0. The molecule has 1 unspecified atom stereocenters. The van der Waals surface area contributed by atoms with Crippen LogP contribution in [0.25, 0.3) is 0 Å². The van der Waals surface area contributed by atoms with Crippen LogP contribution >= 0.6 is 0 Å². The van der Waals surface area contributed by atoms with Gasteiger partial charge in [-0.25, -0.2) is 0 Å². The molecular formula is C14H22N2O. The topological polar surface area (TPSA) is 55.1 Å². The molecule has 0 saturated heterocycles. The lowest BCUT2D eigenvalue weighted by molar-refractivity contribution is -0.119. The number of carbonyl (C=O) groups is 1. The van der Waals surface area contributed by atoms with Crippen LogP contribution in [-0.4, -0.2) is 13.0 Å². The molecule has 0 spiro atoms. The average Bonchev–Trinajstić information content (AvgIpc) is 2.28. The van der Waals surface area contributed by atoms with Crippen molar-refractivity contribution in [2.75, 3.05) is 7.05 Å². The predicted octanol–water partition coefficient (Wildman–Crippen LogP) is 2.12. The van der Waals surface area contributed by atoms with Gasteiger partial charge in [-0.3, -0.25) is 4.79 Å². The zero-order chi connectivity index (χ0) is 13.1. The lowest BCUT2D eigenvalue weighted by Crippen LogP contribution is -2.40. The van der Waals surface area contributed by atoms with E-state index in [9.17, 15) is 4.79 Å². The molecule has 1 aromatic rings. The number of nitrogens with one attached hydrogen (secondary N) is 1. The summed E-state index contributed by atoms with van der Waals surface area (Å²) in [5.41, 5.74) is 7.29. The Morgan fingerprint density at radius 1 is 1.35 bits per heavy atom. The summed E-state index contributed by atoms with van der Waals surface area (Å²) in [4.78, 5) is 11.1. The van der Waals surface area contributed by atoms with Crippen molar-refractivity contribution in [3.63, 3.8) is 0 Å². The van der Waals surface area contributed by atoms with E-state index in [4.69, 9.17) is 5.73 Å². The summed E-state index contributed by atoms with van der Waals surface area (Å²) >= 11 is 0. The zero-order valence-electron chi connectivity index (χ0n) is 11.1. The van der Waals surface area contributed by atoms with Gasteiger partial charge >= 0.3 is 0 Å². The third kappa shape index (κ3) is 3.30. The van der Waals surface area contributed by atoms with E-state index >= 15 is 0 Å². The van der Waals surface area contributed by atoms with Crippen molar-refractivity contribution in [2.24, 2.45) is 5.73 Å². The number of hydrogen-bond donors (Lipinski definition) is 2. The first-order valence-corrected chi connectivity index (χ1v) is 5.96. The maximum absolute atomic E-state index is 11.1. The summed E-state index contributed by atoms with van der Waals surface area (Å²) in [6.45, 7) is 6.31. The molecule has 3 N–H and O–H groups in total. The molecule has 0 fully saturated rings. The fraction of sp³-hybridized carbons (Fsp3) is 0.500. The average molecular weight is 234 g/mol. The molecular weight excluding hydrogens is 212 g/mol. The van der Waals surface area contributed by atoms with Crippen LogP contribution in [0.2, 0.25) is 0 Å². The minimum Gasteiger partial charge on any atom is -0.370 e. The molecule has 1 amide bonds. The van der Waals surface area contributed by atoms with Crippen molar-refractivity contribution in [3.8, 4) is 0 Å². The van der Waals surface area contributed by atoms with Gasteiger partial charge < -0.3 is 11.1 Å². The van der Waals surface area contributed by atoms with Crippen molar-refractivity contribution in [3.05, 3.63) is 35.4 Å². The Labute approximate surface area is 103 Å². The zero-order valence-corrected chi connectivity index (χ0v) is 11.1. The lowest BCUT2D eigenvalue weighted by Gasteiger charge is -2.29. The Balaban J connectivity index is 3.00. The third-order valence-electron chi connectivity index (χ3n) is 3.29. The first-order valence-electron chi connectivity index (χ1n) is 5.96. The van der Waals surface area contributed by atoms with Gasteiger partial charge in [-0.05, 0) is 31.0 Å². The minimum atomic E-state index is -0.388. The number of primary amides is 1. The van der Waals surface area contributed by atoms with Gasteiger partial charge in [0.05, 0.1) is 0 Å². The third-order valence-corrected chi connectivity index (χ3v) is 3.29. The first-order chi connectivity index (χ1) is 7.89. The van der Waals surface area contributed by atoms with Crippen molar-refractivity contribution in [1.29, 1.82) is 0 Å². The maximum Gasteiger partial charge on any atom is 0.219 e. The largest absolute Gasteiger partial charge is 0.370 e. The summed E-state index contributed by atoms with van der Waals surface area (Å²) in [5.74, 6) is 0.218. The second-order valence-corrected chi connectivity index (χ2v) is 5.00. The fourth-order valence-electron chi connectivity index (χ4n) is 1.92. The van der Waals surface area contributed by atoms with Gasteiger partial charge in [0.25, 0.3) is 0 Å². The van der Waals surface area contributed by atoms with E-state index in [-0.39, 0.29) is 11.4 Å². The number of rotatable bonds is 5. The molecule has 0 aliphatic heterocycles. The normalized spacial score (nSPS) is 14.6. The Kier molecular flexibility index (Phi) is 4.29. The molecule has 0 aromatic heterocycles. The van der Waals surface area contributed by atoms with Gasteiger partial charge in [-0.2, -0.15) is 0 Å². The molecule has 0 aliphatic carbocycles. The molecule has 3 heteroatoms. The second kappa shape index (κ2) is 5.32. The maximum atomic E-state index is 11.1. The molecule has 17 heavy (non-hydrogen) atoms. The molecule has 0 bridgehead atoms.